The van der Waals surface area contributed by atoms with Gasteiger partial charge >= 0.3 is 0 Å². The Kier molecular flexibility index (Phi) is 5.80. The smallest absolute Gasteiger partial charge is 0.129 e. The van der Waals surface area contributed by atoms with Gasteiger partial charge in [0, 0.05) is 12.1 Å². The topological polar surface area (TPSA) is 26.3 Å². The average Bonchev–Trinajstić information content (AvgIpc) is 2.03. The van der Waals surface area contributed by atoms with E-state index >= 15 is 0 Å². The van der Waals surface area contributed by atoms with Gasteiger partial charge in [0.25, 0.3) is 0 Å². The Labute approximate surface area is 71.5 Å². The molecule has 0 radical (unpaired) electrons. The van der Waals surface area contributed by atoms with Crippen molar-refractivity contribution in [3.8, 4) is 0 Å². The van der Waals surface area contributed by atoms with Gasteiger partial charge in [-0.2, -0.15) is 0 Å². The third-order valence-electron chi connectivity index (χ3n) is 1.10. The Morgan fingerprint density at radius 3 is 2.82 bits per heavy atom. The molecule has 0 aliphatic rings. The molecule has 11 heavy (non-hydrogen) atoms. The summed E-state index contributed by atoms with van der Waals surface area (Å²) in [6.07, 6.45) is 3.87. The van der Waals surface area contributed by atoms with Crippen molar-refractivity contribution in [1.29, 1.82) is 0 Å². The van der Waals surface area contributed by atoms with E-state index in [2.05, 4.69) is 6.58 Å². The van der Waals surface area contributed by atoms with E-state index in [4.69, 9.17) is 16.3 Å². The number of carbonyl (C=O) groups is 1. The van der Waals surface area contributed by atoms with Crippen LogP contribution in [0.15, 0.2) is 23.8 Å². The first kappa shape index (κ1) is 10.4. The minimum atomic E-state index is -0.273. The first-order valence-corrected chi connectivity index (χ1v) is 3.56. The minimum Gasteiger partial charge on any atom is -0.384 e. The predicted molar refractivity (Wildman–Crippen MR) is 45.6 cm³/mol. The molecule has 0 rings (SSSR count). The molecule has 0 amide bonds. The normalized spacial score (nSPS) is 14.2. The molecular formula is C8H11ClO2. The molecule has 0 aromatic rings. The number of aldehydes is 1. The van der Waals surface area contributed by atoms with Gasteiger partial charge in [0.2, 0.25) is 0 Å². The molecule has 0 fully saturated rings. The highest BCUT2D eigenvalue weighted by Crippen LogP contribution is 2.06. The maximum Gasteiger partial charge on any atom is 0.129 e. The van der Waals surface area contributed by atoms with Crippen molar-refractivity contribution in [3.05, 3.63) is 23.8 Å². The van der Waals surface area contributed by atoms with Gasteiger partial charge in [-0.3, -0.25) is 0 Å². The lowest BCUT2D eigenvalue weighted by Crippen LogP contribution is -2.06. The molecule has 0 spiro atoms. The Bertz CT molecular complexity index is 163. The van der Waals surface area contributed by atoms with E-state index in [1.54, 1.807) is 6.08 Å². The Morgan fingerprint density at radius 2 is 2.45 bits per heavy atom. The Hall–Kier alpha value is -0.600. The van der Waals surface area contributed by atoms with Crippen LogP contribution in [0.2, 0.25) is 0 Å². The summed E-state index contributed by atoms with van der Waals surface area (Å²) in [5.74, 6) is -0.273. The van der Waals surface area contributed by atoms with Crippen molar-refractivity contribution in [1.82, 2.24) is 0 Å². The molecule has 0 heterocycles. The number of hydrogen-bond donors (Lipinski definition) is 0. The van der Waals surface area contributed by atoms with Crippen LogP contribution in [-0.4, -0.2) is 20.0 Å². The number of allylic oxidation sites excluding steroid dienone is 2. The van der Waals surface area contributed by atoms with Crippen LogP contribution in [0.5, 0.6) is 0 Å². The molecule has 0 aliphatic carbocycles. The van der Waals surface area contributed by atoms with E-state index in [0.29, 0.717) is 11.6 Å². The SMILES string of the molecule is C=C/C(Cl)=C\C(C=O)COC. The fraction of sp³-hybridized carbons (Fsp3) is 0.375. The first-order chi connectivity index (χ1) is 5.24. The van der Waals surface area contributed by atoms with E-state index in [0.717, 1.165) is 6.29 Å². The van der Waals surface area contributed by atoms with E-state index < -0.39 is 0 Å². The maximum absolute atomic E-state index is 10.3. The van der Waals surface area contributed by atoms with Gasteiger partial charge in [-0.1, -0.05) is 30.3 Å². The lowest BCUT2D eigenvalue weighted by molar-refractivity contribution is -0.111. The Morgan fingerprint density at radius 1 is 1.82 bits per heavy atom. The molecule has 1 atom stereocenters. The highest BCUT2D eigenvalue weighted by atomic mass is 35.5. The van der Waals surface area contributed by atoms with Crippen LogP contribution in [0.25, 0.3) is 0 Å². The highest BCUT2D eigenvalue weighted by molar-refractivity contribution is 6.31. The molecule has 0 saturated carbocycles. The molecule has 0 aromatic carbocycles. The Balaban J connectivity index is 4.04. The number of methoxy groups -OCH3 is 1. The molecule has 62 valence electrons. The van der Waals surface area contributed by atoms with E-state index in [1.807, 2.05) is 0 Å². The van der Waals surface area contributed by atoms with E-state index in [9.17, 15) is 4.79 Å². The molecule has 1 unspecified atom stereocenters. The predicted octanol–water partition coefficient (Wildman–Crippen LogP) is 1.76. The van der Waals surface area contributed by atoms with Crippen LogP contribution in [0.1, 0.15) is 0 Å². The molecule has 0 bridgehead atoms. The standard InChI is InChI=1S/C8H11ClO2/c1-3-8(9)4-7(5-10)6-11-2/h3-5,7H,1,6H2,2H3/b8-4+. The van der Waals surface area contributed by atoms with E-state index in [1.165, 1.54) is 13.2 Å². The summed E-state index contributed by atoms with van der Waals surface area (Å²) in [5.41, 5.74) is 0. The summed E-state index contributed by atoms with van der Waals surface area (Å²) >= 11 is 5.60. The third kappa shape index (κ3) is 4.76. The van der Waals surface area contributed by atoms with Gasteiger partial charge in [0.05, 0.1) is 12.5 Å². The lowest BCUT2D eigenvalue weighted by atomic mass is 10.2. The van der Waals surface area contributed by atoms with Crippen molar-refractivity contribution in [2.75, 3.05) is 13.7 Å². The second kappa shape index (κ2) is 6.13. The summed E-state index contributed by atoms with van der Waals surface area (Å²) in [5, 5.41) is 0.471. The van der Waals surface area contributed by atoms with Crippen molar-refractivity contribution in [2.24, 2.45) is 5.92 Å². The maximum atomic E-state index is 10.3. The quantitative estimate of drug-likeness (QED) is 0.469. The minimum absolute atomic E-state index is 0.273. The van der Waals surface area contributed by atoms with Crippen LogP contribution >= 0.6 is 11.6 Å². The molecule has 0 aliphatic heterocycles. The van der Waals surface area contributed by atoms with Gasteiger partial charge in [0.15, 0.2) is 0 Å². The molecule has 0 saturated heterocycles. The van der Waals surface area contributed by atoms with Gasteiger partial charge in [-0.25, -0.2) is 0 Å². The summed E-state index contributed by atoms with van der Waals surface area (Å²) in [4.78, 5) is 10.3. The van der Waals surface area contributed by atoms with E-state index in [-0.39, 0.29) is 5.92 Å². The molecule has 2 nitrogen and oxygen atoms in total. The molecular weight excluding hydrogens is 164 g/mol. The van der Waals surface area contributed by atoms with Crippen LogP contribution in [0.4, 0.5) is 0 Å². The lowest BCUT2D eigenvalue weighted by Gasteiger charge is -2.01. The number of hydrogen-bond acceptors (Lipinski definition) is 2. The number of carbonyl (C=O) groups excluding carboxylic acids is 1. The molecule has 0 N–H and O–H groups in total. The number of halogens is 1. The largest absolute Gasteiger partial charge is 0.384 e. The fourth-order valence-corrected chi connectivity index (χ4v) is 0.754. The number of ether oxygens (including phenoxy) is 1. The summed E-state index contributed by atoms with van der Waals surface area (Å²) < 4.78 is 4.77. The van der Waals surface area contributed by atoms with Gasteiger partial charge < -0.3 is 9.53 Å². The van der Waals surface area contributed by atoms with Crippen LogP contribution in [0, 0.1) is 5.92 Å². The summed E-state index contributed by atoms with van der Waals surface area (Å²) in [6.45, 7) is 3.81. The summed E-state index contributed by atoms with van der Waals surface area (Å²) in [7, 11) is 1.53. The van der Waals surface area contributed by atoms with Crippen molar-refractivity contribution in [2.45, 2.75) is 0 Å². The number of rotatable bonds is 5. The average molecular weight is 175 g/mol. The van der Waals surface area contributed by atoms with Crippen molar-refractivity contribution in [3.63, 3.8) is 0 Å². The second-order valence-corrected chi connectivity index (χ2v) is 2.45. The van der Waals surface area contributed by atoms with Crippen molar-refractivity contribution >= 4 is 17.9 Å². The first-order valence-electron chi connectivity index (χ1n) is 3.18. The third-order valence-corrected chi connectivity index (χ3v) is 1.38. The van der Waals surface area contributed by atoms with Gasteiger partial charge in [-0.15, -0.1) is 0 Å². The molecule has 3 heteroatoms. The fourth-order valence-electron chi connectivity index (χ4n) is 0.592. The zero-order valence-electron chi connectivity index (χ0n) is 6.42. The van der Waals surface area contributed by atoms with Crippen LogP contribution in [0.3, 0.4) is 0 Å². The van der Waals surface area contributed by atoms with Crippen LogP contribution in [-0.2, 0) is 9.53 Å². The zero-order chi connectivity index (χ0) is 8.69. The van der Waals surface area contributed by atoms with Crippen LogP contribution < -0.4 is 0 Å². The zero-order valence-corrected chi connectivity index (χ0v) is 7.17. The van der Waals surface area contributed by atoms with Gasteiger partial charge in [0.1, 0.15) is 6.29 Å². The summed E-state index contributed by atoms with van der Waals surface area (Å²) in [6, 6.07) is 0. The second-order valence-electron chi connectivity index (χ2n) is 2.01. The molecule has 0 aromatic heterocycles. The monoisotopic (exact) mass is 174 g/mol. The highest BCUT2D eigenvalue weighted by Gasteiger charge is 2.02. The van der Waals surface area contributed by atoms with Crippen molar-refractivity contribution < 1.29 is 9.53 Å². The van der Waals surface area contributed by atoms with Gasteiger partial charge in [-0.05, 0) is 0 Å².